The summed E-state index contributed by atoms with van der Waals surface area (Å²) in [5.74, 6) is -3.63. The molecule has 5 amide bonds. The minimum Gasteiger partial charge on any atom is -0.376 e. The van der Waals surface area contributed by atoms with Gasteiger partial charge >= 0.3 is 0 Å². The number of aromatic nitrogens is 4. The lowest BCUT2D eigenvalue weighted by atomic mass is 10.1. The molecule has 0 bridgehead atoms. The summed E-state index contributed by atoms with van der Waals surface area (Å²) in [4.78, 5) is 136. The third-order valence-corrected chi connectivity index (χ3v) is 14.8. The first-order valence-electron chi connectivity index (χ1n) is 29.8. The lowest BCUT2D eigenvalue weighted by Crippen LogP contribution is -2.41. The number of guanidine groups is 3. The molecule has 21 N–H and O–H groups in total. The van der Waals surface area contributed by atoms with Gasteiger partial charge in [0.2, 0.25) is 11.8 Å². The minimum absolute atomic E-state index is 0.0107. The fraction of sp³-hybridized carbons (Fsp3) is 0.390. The molecule has 33 heteroatoms. The number of hydrogen-bond acceptors (Lipinski definition) is 18. The molecule has 490 valence electrons. The Balaban J connectivity index is 1.02. The Morgan fingerprint density at radius 3 is 1.13 bits per heavy atom. The number of carbonyl (C=O) groups excluding carboxylic acids is 5. The molecule has 0 radical (unpaired) electrons. The van der Waals surface area contributed by atoms with Crippen LogP contribution in [0, 0.1) is 0 Å². The van der Waals surface area contributed by atoms with Crippen molar-refractivity contribution in [1.82, 2.24) is 24.3 Å². The summed E-state index contributed by atoms with van der Waals surface area (Å²) in [6, 6.07) is 12.4. The number of fused-ring (bicyclic) bond motifs is 4. The van der Waals surface area contributed by atoms with Crippen molar-refractivity contribution in [2.24, 2.45) is 60.8 Å². The largest absolute Gasteiger partial charge is 0.376 e. The van der Waals surface area contributed by atoms with Gasteiger partial charge in [0.05, 0.1) is 28.1 Å². The van der Waals surface area contributed by atoms with Crippen molar-refractivity contribution in [3.05, 3.63) is 114 Å². The third kappa shape index (κ3) is 16.8. The maximum Gasteiger partial charge on any atom is 0.291 e. The Bertz CT molecular complexity index is 4320. The van der Waals surface area contributed by atoms with Gasteiger partial charge in [0, 0.05) is 48.8 Å². The topological polar surface area (TPSA) is 531 Å². The average Bonchev–Trinajstić information content (AvgIpc) is 1.65. The van der Waals surface area contributed by atoms with Gasteiger partial charge in [0.15, 0.2) is 40.2 Å². The van der Waals surface area contributed by atoms with Gasteiger partial charge in [-0.1, -0.05) is 6.42 Å². The number of aliphatic imine (C=N–C) groups is 3. The number of unbranched alkanes of at least 4 members (excludes halogenated alkanes) is 3. The summed E-state index contributed by atoms with van der Waals surface area (Å²) in [6.07, 6.45) is 4.21. The molecule has 0 saturated carbocycles. The number of anilines is 4. The molecule has 8 rings (SSSR count). The molecule has 0 fully saturated rings. The fourth-order valence-corrected chi connectivity index (χ4v) is 10.1. The van der Waals surface area contributed by atoms with E-state index in [4.69, 9.17) is 64.0 Å². The fourth-order valence-electron chi connectivity index (χ4n) is 10.1. The number of nitrogens with one attached hydrogen (secondary N) is 5. The zero-order valence-electron chi connectivity index (χ0n) is 50.5. The molecule has 33 nitrogen and oxygen atoms in total. The first-order chi connectivity index (χ1) is 44.1. The highest BCUT2D eigenvalue weighted by Gasteiger charge is 2.31. The van der Waals surface area contributed by atoms with Gasteiger partial charge in [-0.05, 0) is 157 Å². The standard InChI is InChI=1S/C59H76N20O13/c1-32(71-48(80)13-3-5-23-61)49(81)72-33-15-19-45-38(29-33)54(86)77(90-45)42(11-8-25-69-58(64)65)51(83)74-35-17-21-47-40(31-35)56(88)79(92-47)43(12-9-26-70-59(66)67)52(84)75-36-16-20-46-39(30-36)55(87)78(91-46)41(10-7-24-68-57(62)63)50(82)73-34-14-18-44-37(28-34)53(85)76(89-44)27-6-2-4-22-60/h14-21,28-32,41-43H,2-13,22-27,60-61H2,1H3,(H,71,80)(H,72,81)(H,73,82)(H,74,83)(H,75,84)(H4,62,63,68)(H4,64,65,69)(H4,66,67,70)/t32-,41-,42-,43-/m1/s1. The Labute approximate surface area is 522 Å². The van der Waals surface area contributed by atoms with E-state index in [2.05, 4.69) is 41.6 Å². The van der Waals surface area contributed by atoms with Crippen LogP contribution in [-0.4, -0.2) is 105 Å². The van der Waals surface area contributed by atoms with Crippen LogP contribution in [0.5, 0.6) is 0 Å². The molecule has 4 aromatic carbocycles. The number of nitrogens with zero attached hydrogens (tertiary/aromatic N) is 7. The normalized spacial score (nSPS) is 12.7. The van der Waals surface area contributed by atoms with Crippen LogP contribution < -0.4 is 94.7 Å². The van der Waals surface area contributed by atoms with Crippen molar-refractivity contribution in [3.63, 3.8) is 0 Å². The van der Waals surface area contributed by atoms with Gasteiger partial charge in [-0.3, -0.25) is 58.1 Å². The molecule has 0 aliphatic carbocycles. The van der Waals surface area contributed by atoms with Crippen molar-refractivity contribution in [1.29, 1.82) is 0 Å². The first kappa shape index (κ1) is 67.0. The van der Waals surface area contributed by atoms with Crippen LogP contribution in [0.4, 0.5) is 22.7 Å². The molecule has 0 saturated heterocycles. The lowest BCUT2D eigenvalue weighted by molar-refractivity contribution is -0.126. The van der Waals surface area contributed by atoms with Crippen LogP contribution in [0.2, 0.25) is 0 Å². The molecule has 4 atom stereocenters. The summed E-state index contributed by atoms with van der Waals surface area (Å²) >= 11 is 0. The Hall–Kier alpha value is -11.0. The molecule has 92 heavy (non-hydrogen) atoms. The van der Waals surface area contributed by atoms with E-state index in [-0.39, 0.29) is 155 Å². The zero-order valence-corrected chi connectivity index (χ0v) is 50.5. The number of hydrogen-bond donors (Lipinski definition) is 13. The second kappa shape index (κ2) is 31.0. The van der Waals surface area contributed by atoms with E-state index in [1.807, 2.05) is 0 Å². The van der Waals surface area contributed by atoms with Crippen LogP contribution in [0.15, 0.2) is 125 Å². The lowest BCUT2D eigenvalue weighted by Gasteiger charge is -2.16. The van der Waals surface area contributed by atoms with E-state index in [1.165, 1.54) is 72.3 Å². The van der Waals surface area contributed by atoms with Crippen molar-refractivity contribution >= 4 is 114 Å². The average molecular weight is 1270 g/mol. The number of nitrogens with two attached hydrogens (primary N) is 8. The van der Waals surface area contributed by atoms with Gasteiger partial charge in [-0.2, -0.15) is 19.0 Å². The zero-order chi connectivity index (χ0) is 66.2. The van der Waals surface area contributed by atoms with Crippen LogP contribution in [-0.2, 0) is 30.5 Å². The Morgan fingerprint density at radius 2 is 0.772 bits per heavy atom. The van der Waals surface area contributed by atoms with Crippen LogP contribution >= 0.6 is 0 Å². The molecule has 4 aromatic heterocycles. The monoisotopic (exact) mass is 1270 g/mol. The van der Waals surface area contributed by atoms with Gasteiger partial charge in [0.1, 0.15) is 24.2 Å². The van der Waals surface area contributed by atoms with E-state index >= 15 is 0 Å². The molecule has 0 spiro atoms. The van der Waals surface area contributed by atoms with E-state index in [9.17, 15) is 43.2 Å². The van der Waals surface area contributed by atoms with Crippen LogP contribution in [0.25, 0.3) is 43.9 Å². The number of benzene rings is 4. The highest BCUT2D eigenvalue weighted by Crippen LogP contribution is 2.28. The van der Waals surface area contributed by atoms with Gasteiger partial charge < -0.3 is 90.5 Å². The number of aryl methyl sites for hydroxylation is 1. The smallest absolute Gasteiger partial charge is 0.291 e. The number of amides is 5. The second-order valence-corrected chi connectivity index (χ2v) is 21.7. The minimum atomic E-state index is -1.37. The highest BCUT2D eigenvalue weighted by molar-refractivity contribution is 6.00. The van der Waals surface area contributed by atoms with Crippen LogP contribution in [0.3, 0.4) is 0 Å². The van der Waals surface area contributed by atoms with E-state index in [0.29, 0.717) is 44.5 Å². The van der Waals surface area contributed by atoms with E-state index in [0.717, 1.165) is 27.1 Å². The molecule has 8 aromatic rings. The maximum absolute atomic E-state index is 14.5. The van der Waals surface area contributed by atoms with Crippen LogP contribution in [0.1, 0.15) is 102 Å². The molecule has 4 heterocycles. The van der Waals surface area contributed by atoms with E-state index in [1.54, 1.807) is 12.1 Å². The quantitative estimate of drug-likeness (QED) is 0.0158. The number of rotatable bonds is 33. The highest BCUT2D eigenvalue weighted by atomic mass is 16.5. The molecule has 0 aliphatic rings. The van der Waals surface area contributed by atoms with Crippen molar-refractivity contribution < 1.29 is 42.1 Å². The molecule has 0 unspecified atom stereocenters. The maximum atomic E-state index is 14.5. The summed E-state index contributed by atoms with van der Waals surface area (Å²) in [6.45, 7) is 3.06. The molecular weight excluding hydrogens is 1200 g/mol. The predicted octanol–water partition coefficient (Wildman–Crippen LogP) is 1.72. The predicted molar refractivity (Wildman–Crippen MR) is 347 cm³/mol. The Kier molecular flexibility index (Phi) is 22.6. The summed E-state index contributed by atoms with van der Waals surface area (Å²) < 4.78 is 27.6. The van der Waals surface area contributed by atoms with Crippen molar-refractivity contribution in [3.8, 4) is 0 Å². The van der Waals surface area contributed by atoms with Gasteiger partial charge in [-0.15, -0.1) is 0 Å². The van der Waals surface area contributed by atoms with Crippen molar-refractivity contribution in [2.45, 2.75) is 115 Å². The summed E-state index contributed by atoms with van der Waals surface area (Å²) in [7, 11) is 0. The summed E-state index contributed by atoms with van der Waals surface area (Å²) in [5.41, 5.74) is 43.0. The van der Waals surface area contributed by atoms with Crippen molar-refractivity contribution in [2.75, 3.05) is 54.0 Å². The first-order valence-corrected chi connectivity index (χ1v) is 29.8. The number of carbonyl (C=O) groups is 5. The Morgan fingerprint density at radius 1 is 0.435 bits per heavy atom. The SMILES string of the molecule is C[C@@H](NC(=O)CCCCN)C(=O)Nc1ccc2on([C@H](CCCN=C(N)N)C(=O)Nc3ccc4on([C@H](CCCN=C(N)N)C(=O)Nc5ccc6on([C@H](CCCN=C(N)N)C(=O)Nc7ccc8on(CCCCCN)c(=O)c8c7)c(=O)c6c5)c(=O)c4c3)c(=O)c2c1. The third-order valence-electron chi connectivity index (χ3n) is 14.8. The molecular formula is C59H76N20O13. The van der Waals surface area contributed by atoms with Gasteiger partial charge in [0.25, 0.3) is 40.0 Å². The van der Waals surface area contributed by atoms with Gasteiger partial charge in [-0.25, -0.2) is 0 Å². The molecule has 0 aliphatic heterocycles. The van der Waals surface area contributed by atoms with E-state index < -0.39 is 64.5 Å². The second-order valence-electron chi connectivity index (χ2n) is 21.7. The summed E-state index contributed by atoms with van der Waals surface area (Å²) in [5, 5.41) is 13.8.